The van der Waals surface area contributed by atoms with E-state index in [1.807, 2.05) is 35.2 Å². The Balaban J connectivity index is 1.58. The highest BCUT2D eigenvalue weighted by Gasteiger charge is 2.08. The predicted molar refractivity (Wildman–Crippen MR) is 95.7 cm³/mol. The molecule has 22 heavy (non-hydrogen) atoms. The lowest BCUT2D eigenvalue weighted by Crippen LogP contribution is -2.13. The molecule has 0 spiro atoms. The molecule has 3 nitrogen and oxygen atoms in total. The Labute approximate surface area is 145 Å². The summed E-state index contributed by atoms with van der Waals surface area (Å²) < 4.78 is 1.07. The molecule has 0 aliphatic rings. The first-order valence-corrected chi connectivity index (χ1v) is 9.24. The van der Waals surface area contributed by atoms with Crippen molar-refractivity contribution in [3.8, 4) is 0 Å². The number of aromatic nitrogens is 1. The monoisotopic (exact) mass is 392 g/mol. The molecule has 2 heterocycles. The van der Waals surface area contributed by atoms with E-state index in [-0.39, 0.29) is 5.91 Å². The van der Waals surface area contributed by atoms with Crippen LogP contribution >= 0.6 is 38.6 Å². The number of hydrogen-bond donors (Lipinski definition) is 1. The largest absolute Gasteiger partial charge is 0.302 e. The zero-order chi connectivity index (χ0) is 15.4. The van der Waals surface area contributed by atoms with Gasteiger partial charge in [-0.15, -0.1) is 11.3 Å². The Morgan fingerprint density at radius 3 is 2.73 bits per heavy atom. The van der Waals surface area contributed by atoms with Crippen molar-refractivity contribution in [2.45, 2.75) is 12.8 Å². The van der Waals surface area contributed by atoms with Crippen LogP contribution in [0.1, 0.15) is 16.0 Å². The number of amides is 1. The molecule has 1 N–H and O–H groups in total. The van der Waals surface area contributed by atoms with Crippen molar-refractivity contribution in [1.29, 1.82) is 0 Å². The van der Waals surface area contributed by atoms with E-state index in [0.29, 0.717) is 11.6 Å². The summed E-state index contributed by atoms with van der Waals surface area (Å²) in [7, 11) is 0. The van der Waals surface area contributed by atoms with E-state index in [1.165, 1.54) is 16.9 Å². The minimum absolute atomic E-state index is 0.0251. The fourth-order valence-corrected chi connectivity index (χ4v) is 3.79. The number of halogens is 1. The predicted octanol–water partition coefficient (Wildman–Crippen LogP) is 4.74. The fourth-order valence-electron chi connectivity index (χ4n) is 1.99. The van der Waals surface area contributed by atoms with Crippen molar-refractivity contribution >= 4 is 49.6 Å². The van der Waals surface area contributed by atoms with Gasteiger partial charge in [0.05, 0.1) is 6.42 Å². The lowest BCUT2D eigenvalue weighted by molar-refractivity contribution is -0.115. The van der Waals surface area contributed by atoms with E-state index in [2.05, 4.69) is 38.4 Å². The van der Waals surface area contributed by atoms with Gasteiger partial charge in [0.25, 0.3) is 0 Å². The first kappa shape index (κ1) is 15.4. The molecule has 0 radical (unpaired) electrons. The first-order valence-electron chi connectivity index (χ1n) is 6.69. The number of carbonyl (C=O) groups excluding carboxylic acids is 1. The molecule has 3 aromatic rings. The van der Waals surface area contributed by atoms with E-state index in [9.17, 15) is 4.79 Å². The number of anilines is 1. The highest BCUT2D eigenvalue weighted by atomic mass is 79.9. The molecular formula is C16H13BrN2OS2. The summed E-state index contributed by atoms with van der Waals surface area (Å²) in [6.45, 7) is 0. The zero-order valence-electron chi connectivity index (χ0n) is 11.6. The minimum Gasteiger partial charge on any atom is -0.302 e. The second-order valence-corrected chi connectivity index (χ2v) is 7.60. The summed E-state index contributed by atoms with van der Waals surface area (Å²) in [4.78, 5) is 17.4. The van der Waals surface area contributed by atoms with Gasteiger partial charge in [0.1, 0.15) is 0 Å². The Bertz CT molecular complexity index is 751. The summed E-state index contributed by atoms with van der Waals surface area (Å²) in [5.41, 5.74) is 2.26. The topological polar surface area (TPSA) is 42.0 Å². The van der Waals surface area contributed by atoms with Crippen LogP contribution in [0.5, 0.6) is 0 Å². The molecule has 0 saturated heterocycles. The molecule has 0 bridgehead atoms. The zero-order valence-corrected chi connectivity index (χ0v) is 14.8. The molecule has 1 amide bonds. The van der Waals surface area contributed by atoms with E-state index in [4.69, 9.17) is 0 Å². The van der Waals surface area contributed by atoms with Crippen LogP contribution in [-0.4, -0.2) is 10.9 Å². The van der Waals surface area contributed by atoms with Gasteiger partial charge in [-0.2, -0.15) is 11.3 Å². The number of nitrogens with zero attached hydrogens (tertiary/aromatic N) is 1. The lowest BCUT2D eigenvalue weighted by atomic mass is 10.1. The van der Waals surface area contributed by atoms with Gasteiger partial charge in [-0.05, 0) is 40.1 Å². The van der Waals surface area contributed by atoms with E-state index < -0.39 is 0 Å². The average Bonchev–Trinajstić information content (AvgIpc) is 3.14. The summed E-state index contributed by atoms with van der Waals surface area (Å²) in [6, 6.07) is 10.2. The van der Waals surface area contributed by atoms with Crippen LogP contribution in [0.3, 0.4) is 0 Å². The third kappa shape index (κ3) is 4.25. The van der Waals surface area contributed by atoms with Gasteiger partial charge in [-0.3, -0.25) is 4.79 Å². The molecule has 0 unspecified atom stereocenters. The van der Waals surface area contributed by atoms with Crippen LogP contribution in [0.2, 0.25) is 0 Å². The Morgan fingerprint density at radius 2 is 2.00 bits per heavy atom. The van der Waals surface area contributed by atoms with Crippen LogP contribution < -0.4 is 5.32 Å². The molecule has 0 aliphatic heterocycles. The van der Waals surface area contributed by atoms with Crippen molar-refractivity contribution in [2.24, 2.45) is 0 Å². The maximum atomic E-state index is 11.9. The molecule has 0 saturated carbocycles. The molecule has 112 valence electrons. The van der Waals surface area contributed by atoms with Gasteiger partial charge in [0, 0.05) is 22.0 Å². The highest BCUT2D eigenvalue weighted by molar-refractivity contribution is 9.10. The lowest BCUT2D eigenvalue weighted by Gasteiger charge is -2.00. The van der Waals surface area contributed by atoms with Gasteiger partial charge >= 0.3 is 0 Å². The molecule has 6 heteroatoms. The van der Waals surface area contributed by atoms with Crippen LogP contribution in [-0.2, 0) is 17.6 Å². The summed E-state index contributed by atoms with van der Waals surface area (Å²) in [5, 5.41) is 7.48. The minimum atomic E-state index is -0.0251. The van der Waals surface area contributed by atoms with Crippen LogP contribution in [0.15, 0.2) is 51.8 Å². The molecular weight excluding hydrogens is 380 g/mol. The van der Waals surface area contributed by atoms with Crippen LogP contribution in [0.4, 0.5) is 5.13 Å². The summed E-state index contributed by atoms with van der Waals surface area (Å²) in [6.07, 6.45) is 3.05. The number of carbonyl (C=O) groups is 1. The quantitative estimate of drug-likeness (QED) is 0.681. The third-order valence-electron chi connectivity index (χ3n) is 3.04. The third-order valence-corrected chi connectivity index (χ3v) is 5.21. The molecule has 3 rings (SSSR count). The molecule has 0 aliphatic carbocycles. The smallest absolute Gasteiger partial charge is 0.230 e. The number of thiophene rings is 1. The van der Waals surface area contributed by atoms with Gasteiger partial charge in [-0.1, -0.05) is 28.1 Å². The SMILES string of the molecule is O=C(Cc1ccsc1)Nc1ncc(Cc2ccc(Br)cc2)s1. The first-order chi connectivity index (χ1) is 10.7. The Kier molecular flexibility index (Phi) is 5.02. The van der Waals surface area contributed by atoms with Gasteiger partial charge < -0.3 is 5.32 Å². The summed E-state index contributed by atoms with van der Waals surface area (Å²) in [5.74, 6) is -0.0251. The van der Waals surface area contributed by atoms with E-state index >= 15 is 0 Å². The highest BCUT2D eigenvalue weighted by Crippen LogP contribution is 2.22. The fraction of sp³-hybridized carbons (Fsp3) is 0.125. The molecule has 1 aromatic carbocycles. The van der Waals surface area contributed by atoms with E-state index in [1.54, 1.807) is 11.3 Å². The van der Waals surface area contributed by atoms with Gasteiger partial charge in [0.2, 0.25) is 5.91 Å². The van der Waals surface area contributed by atoms with E-state index in [0.717, 1.165) is 21.3 Å². The summed E-state index contributed by atoms with van der Waals surface area (Å²) >= 11 is 6.55. The van der Waals surface area contributed by atoms with Crippen LogP contribution in [0.25, 0.3) is 0 Å². The van der Waals surface area contributed by atoms with Crippen molar-refractivity contribution in [3.05, 3.63) is 67.8 Å². The second kappa shape index (κ2) is 7.17. The van der Waals surface area contributed by atoms with Crippen LogP contribution in [0, 0.1) is 0 Å². The van der Waals surface area contributed by atoms with Gasteiger partial charge in [0.15, 0.2) is 5.13 Å². The standard InChI is InChI=1S/C16H13BrN2OS2/c17-13-3-1-11(2-4-13)7-14-9-18-16(22-14)19-15(20)8-12-5-6-21-10-12/h1-6,9-10H,7-8H2,(H,18,19,20). The van der Waals surface area contributed by atoms with Crippen molar-refractivity contribution in [3.63, 3.8) is 0 Å². The Morgan fingerprint density at radius 1 is 1.18 bits per heavy atom. The normalized spacial score (nSPS) is 10.6. The molecule has 0 atom stereocenters. The molecule has 0 fully saturated rings. The molecule has 2 aromatic heterocycles. The number of thiazole rings is 1. The maximum absolute atomic E-state index is 11.9. The number of hydrogen-bond acceptors (Lipinski definition) is 4. The maximum Gasteiger partial charge on any atom is 0.230 e. The van der Waals surface area contributed by atoms with Gasteiger partial charge in [-0.25, -0.2) is 4.98 Å². The Hall–Kier alpha value is -1.50. The van der Waals surface area contributed by atoms with Crippen molar-refractivity contribution in [2.75, 3.05) is 5.32 Å². The second-order valence-electron chi connectivity index (χ2n) is 4.79. The van der Waals surface area contributed by atoms with Crippen molar-refractivity contribution < 1.29 is 4.79 Å². The number of benzene rings is 1. The average molecular weight is 393 g/mol. The number of rotatable bonds is 5. The van der Waals surface area contributed by atoms with Crippen molar-refractivity contribution in [1.82, 2.24) is 4.98 Å². The number of nitrogens with one attached hydrogen (secondary N) is 1.